The first-order valence-corrected chi connectivity index (χ1v) is 6.35. The van der Waals surface area contributed by atoms with Crippen molar-refractivity contribution in [1.82, 2.24) is 14.7 Å². The summed E-state index contributed by atoms with van der Waals surface area (Å²) in [6.45, 7) is 0. The molecule has 0 saturated heterocycles. The standard InChI is InChI=1S/C9H10N4O4S/c1-10-18(15,16)7-3-2-6(17-7)8(14)13-9-11-4-5-12-9/h2-5,10H,1H3,(H2,11,12,13,14). The number of hydrogen-bond donors (Lipinski definition) is 3. The number of imidazole rings is 1. The number of hydrogen-bond acceptors (Lipinski definition) is 5. The molecular weight excluding hydrogens is 260 g/mol. The SMILES string of the molecule is CNS(=O)(=O)c1ccc(C(=O)Nc2ncc[nH]2)o1. The number of aromatic nitrogens is 2. The predicted molar refractivity (Wildman–Crippen MR) is 61.5 cm³/mol. The summed E-state index contributed by atoms with van der Waals surface area (Å²) in [6, 6.07) is 2.46. The Morgan fingerprint density at radius 2 is 2.22 bits per heavy atom. The molecule has 0 bridgehead atoms. The summed E-state index contributed by atoms with van der Waals surface area (Å²) in [5.74, 6) is -0.475. The number of rotatable bonds is 4. The molecule has 0 aliphatic carbocycles. The monoisotopic (exact) mass is 270 g/mol. The van der Waals surface area contributed by atoms with Gasteiger partial charge in [-0.15, -0.1) is 0 Å². The lowest BCUT2D eigenvalue weighted by Crippen LogP contribution is -2.18. The number of H-pyrrole nitrogens is 1. The molecule has 9 heteroatoms. The molecule has 2 heterocycles. The molecule has 1 amide bonds. The third-order valence-corrected chi connectivity index (χ3v) is 3.36. The fourth-order valence-electron chi connectivity index (χ4n) is 1.19. The number of carbonyl (C=O) groups is 1. The molecule has 0 atom stereocenters. The van der Waals surface area contributed by atoms with Crippen LogP contribution < -0.4 is 10.0 Å². The molecule has 0 unspecified atom stereocenters. The van der Waals surface area contributed by atoms with Crippen molar-refractivity contribution >= 4 is 21.9 Å². The van der Waals surface area contributed by atoms with Gasteiger partial charge in [-0.3, -0.25) is 10.1 Å². The van der Waals surface area contributed by atoms with Crippen molar-refractivity contribution in [1.29, 1.82) is 0 Å². The molecule has 0 radical (unpaired) electrons. The van der Waals surface area contributed by atoms with E-state index in [0.29, 0.717) is 0 Å². The van der Waals surface area contributed by atoms with Gasteiger partial charge in [-0.25, -0.2) is 18.1 Å². The van der Waals surface area contributed by atoms with Crippen LogP contribution in [0.15, 0.2) is 34.0 Å². The highest BCUT2D eigenvalue weighted by Crippen LogP contribution is 2.14. The lowest BCUT2D eigenvalue weighted by molar-refractivity contribution is 0.0991. The molecule has 0 aromatic carbocycles. The highest BCUT2D eigenvalue weighted by Gasteiger charge is 2.19. The van der Waals surface area contributed by atoms with Crippen LogP contribution in [0.2, 0.25) is 0 Å². The van der Waals surface area contributed by atoms with E-state index < -0.39 is 15.9 Å². The minimum atomic E-state index is -3.69. The van der Waals surface area contributed by atoms with Gasteiger partial charge in [0.1, 0.15) is 0 Å². The number of nitrogens with zero attached hydrogens (tertiary/aromatic N) is 1. The third kappa shape index (κ3) is 2.41. The Morgan fingerprint density at radius 1 is 1.44 bits per heavy atom. The maximum atomic E-state index is 11.7. The number of furan rings is 1. The Hall–Kier alpha value is -2.13. The Labute approximate surface area is 102 Å². The van der Waals surface area contributed by atoms with E-state index in [4.69, 9.17) is 4.42 Å². The summed E-state index contributed by atoms with van der Waals surface area (Å²) < 4.78 is 29.8. The van der Waals surface area contributed by atoms with E-state index in [2.05, 4.69) is 20.0 Å². The Morgan fingerprint density at radius 3 is 2.83 bits per heavy atom. The summed E-state index contributed by atoms with van der Waals surface area (Å²) in [5.41, 5.74) is 0. The van der Waals surface area contributed by atoms with Gasteiger partial charge in [0.25, 0.3) is 15.9 Å². The first-order valence-electron chi connectivity index (χ1n) is 4.87. The van der Waals surface area contributed by atoms with E-state index in [1.54, 1.807) is 0 Å². The zero-order chi connectivity index (χ0) is 13.2. The van der Waals surface area contributed by atoms with Gasteiger partial charge in [0, 0.05) is 12.4 Å². The average molecular weight is 270 g/mol. The fourth-order valence-corrected chi connectivity index (χ4v) is 1.84. The smallest absolute Gasteiger partial charge is 0.293 e. The Bertz CT molecular complexity index is 644. The molecule has 3 N–H and O–H groups in total. The second-order valence-electron chi connectivity index (χ2n) is 3.22. The van der Waals surface area contributed by atoms with E-state index in [0.717, 1.165) is 0 Å². The molecule has 2 rings (SSSR count). The van der Waals surface area contributed by atoms with Crippen LogP contribution in [-0.4, -0.2) is 31.3 Å². The minimum absolute atomic E-state index is 0.125. The van der Waals surface area contributed by atoms with Gasteiger partial charge in [-0.2, -0.15) is 0 Å². The molecule has 2 aromatic rings. The first kappa shape index (κ1) is 12.3. The zero-order valence-electron chi connectivity index (χ0n) is 9.30. The Balaban J connectivity index is 2.18. The number of carbonyl (C=O) groups excluding carboxylic acids is 1. The van der Waals surface area contributed by atoms with Crippen molar-refractivity contribution in [3.05, 3.63) is 30.3 Å². The third-order valence-electron chi connectivity index (χ3n) is 2.07. The van der Waals surface area contributed by atoms with Crippen molar-refractivity contribution in [2.45, 2.75) is 5.09 Å². The predicted octanol–water partition coefficient (Wildman–Crippen LogP) is 0.163. The van der Waals surface area contributed by atoms with Crippen molar-refractivity contribution in [2.24, 2.45) is 0 Å². The van der Waals surface area contributed by atoms with E-state index in [1.807, 2.05) is 0 Å². The number of amides is 1. The first-order chi connectivity index (χ1) is 8.53. The number of nitrogens with one attached hydrogen (secondary N) is 3. The summed E-state index contributed by atoms with van der Waals surface area (Å²) >= 11 is 0. The maximum absolute atomic E-state index is 11.7. The van der Waals surface area contributed by atoms with Crippen molar-refractivity contribution in [2.75, 3.05) is 12.4 Å². The van der Waals surface area contributed by atoms with Crippen LogP contribution in [0, 0.1) is 0 Å². The Kier molecular flexibility index (Phi) is 3.17. The lowest BCUT2D eigenvalue weighted by atomic mass is 10.4. The van der Waals surface area contributed by atoms with Crippen LogP contribution in [-0.2, 0) is 10.0 Å². The molecule has 0 spiro atoms. The molecule has 2 aromatic heterocycles. The highest BCUT2D eigenvalue weighted by molar-refractivity contribution is 7.89. The summed E-state index contributed by atoms with van der Waals surface area (Å²) in [4.78, 5) is 18.1. The van der Waals surface area contributed by atoms with E-state index in [9.17, 15) is 13.2 Å². The molecule has 8 nitrogen and oxygen atoms in total. The fraction of sp³-hybridized carbons (Fsp3) is 0.111. The largest absolute Gasteiger partial charge is 0.438 e. The number of aromatic amines is 1. The number of sulfonamides is 1. The van der Waals surface area contributed by atoms with Gasteiger partial charge in [-0.1, -0.05) is 0 Å². The average Bonchev–Trinajstić information content (AvgIpc) is 2.99. The zero-order valence-corrected chi connectivity index (χ0v) is 10.1. The van der Waals surface area contributed by atoms with Crippen LogP contribution in [0.5, 0.6) is 0 Å². The molecule has 18 heavy (non-hydrogen) atoms. The maximum Gasteiger partial charge on any atom is 0.293 e. The highest BCUT2D eigenvalue weighted by atomic mass is 32.2. The molecular formula is C9H10N4O4S. The normalized spacial score (nSPS) is 11.4. The molecule has 0 aliphatic rings. The van der Waals surface area contributed by atoms with Gasteiger partial charge >= 0.3 is 0 Å². The van der Waals surface area contributed by atoms with Crippen LogP contribution in [0.3, 0.4) is 0 Å². The van der Waals surface area contributed by atoms with E-state index >= 15 is 0 Å². The minimum Gasteiger partial charge on any atom is -0.438 e. The summed E-state index contributed by atoms with van der Waals surface area (Å²) in [6.07, 6.45) is 3.00. The van der Waals surface area contributed by atoms with Crippen molar-refractivity contribution in [3.63, 3.8) is 0 Å². The summed E-state index contributed by atoms with van der Waals surface area (Å²) in [7, 11) is -2.44. The van der Waals surface area contributed by atoms with Gasteiger partial charge in [-0.05, 0) is 19.2 Å². The van der Waals surface area contributed by atoms with Crippen LogP contribution >= 0.6 is 0 Å². The van der Waals surface area contributed by atoms with Crippen LogP contribution in [0.4, 0.5) is 5.95 Å². The molecule has 0 aliphatic heterocycles. The van der Waals surface area contributed by atoms with Crippen molar-refractivity contribution in [3.8, 4) is 0 Å². The van der Waals surface area contributed by atoms with E-state index in [1.165, 1.54) is 31.6 Å². The molecule has 0 saturated carbocycles. The van der Waals surface area contributed by atoms with Crippen LogP contribution in [0.1, 0.15) is 10.6 Å². The van der Waals surface area contributed by atoms with Gasteiger partial charge < -0.3 is 9.40 Å². The van der Waals surface area contributed by atoms with Gasteiger partial charge in [0.15, 0.2) is 5.76 Å². The quantitative estimate of drug-likeness (QED) is 0.731. The van der Waals surface area contributed by atoms with E-state index in [-0.39, 0.29) is 16.8 Å². The molecule has 96 valence electrons. The van der Waals surface area contributed by atoms with Gasteiger partial charge in [0.2, 0.25) is 11.0 Å². The second-order valence-corrected chi connectivity index (χ2v) is 5.04. The van der Waals surface area contributed by atoms with Crippen molar-refractivity contribution < 1.29 is 17.6 Å². The lowest BCUT2D eigenvalue weighted by Gasteiger charge is -1.99. The second kappa shape index (κ2) is 4.63. The number of anilines is 1. The van der Waals surface area contributed by atoms with Gasteiger partial charge in [0.05, 0.1) is 0 Å². The molecule has 0 fully saturated rings. The van der Waals surface area contributed by atoms with Crippen LogP contribution in [0.25, 0.3) is 0 Å². The summed E-state index contributed by atoms with van der Waals surface area (Å²) in [5, 5.41) is 2.08. The topological polar surface area (TPSA) is 117 Å².